The molecule has 2 aromatic rings. The van der Waals surface area contributed by atoms with E-state index in [9.17, 15) is 9.90 Å². The van der Waals surface area contributed by atoms with Crippen molar-refractivity contribution in [3.8, 4) is 17.2 Å². The summed E-state index contributed by atoms with van der Waals surface area (Å²) in [6.07, 6.45) is 0.495. The van der Waals surface area contributed by atoms with Gasteiger partial charge in [0.1, 0.15) is 25.1 Å². The fourth-order valence-electron chi connectivity index (χ4n) is 1.78. The molecule has 0 amide bonds. The Hall–Kier alpha value is -2.43. The maximum absolute atomic E-state index is 10.8. The molecule has 0 spiro atoms. The van der Waals surface area contributed by atoms with Crippen LogP contribution < -0.4 is 4.74 Å². The molecule has 0 fully saturated rings. The van der Waals surface area contributed by atoms with Gasteiger partial charge in [-0.15, -0.1) is 0 Å². The number of phenols is 1. The third-order valence-corrected chi connectivity index (χ3v) is 2.96. The summed E-state index contributed by atoms with van der Waals surface area (Å²) in [4.78, 5) is 10.8. The number of carboxylic acids is 1. The van der Waals surface area contributed by atoms with Crippen LogP contribution in [0.15, 0.2) is 48.5 Å². The predicted molar refractivity (Wildman–Crippen MR) is 78.3 cm³/mol. The molecule has 0 saturated carbocycles. The minimum Gasteiger partial charge on any atom is -0.508 e. The Kier molecular flexibility index (Phi) is 4.30. The Labute approximate surface area is 118 Å². The van der Waals surface area contributed by atoms with Gasteiger partial charge in [-0.05, 0) is 48.4 Å². The molecule has 2 N–H and O–H groups in total. The van der Waals surface area contributed by atoms with E-state index >= 15 is 0 Å². The van der Waals surface area contributed by atoms with Crippen LogP contribution in [-0.2, 0) is 11.2 Å². The summed E-state index contributed by atoms with van der Waals surface area (Å²) in [6, 6.07) is 13.8. The minimum absolute atomic E-state index is 0.190. The number of benzene rings is 2. The SMILES string of the molecule is BC(Cc1ccc(Oc2ccc(O)cc2)cc1)C(=O)O. The van der Waals surface area contributed by atoms with Gasteiger partial charge in [-0.3, -0.25) is 4.79 Å². The first-order valence-corrected chi connectivity index (χ1v) is 6.33. The Morgan fingerprint density at radius 3 is 2.05 bits per heavy atom. The van der Waals surface area contributed by atoms with E-state index in [0.717, 1.165) is 5.56 Å². The molecular weight excluding hydrogens is 255 g/mol. The number of rotatable bonds is 5. The standard InChI is InChI=1S/C15H15BO4/c16-14(15(18)19)9-10-1-5-12(6-2-10)20-13-7-3-11(17)4-8-13/h1-8,14,17H,9,16H2,(H,18,19). The van der Waals surface area contributed by atoms with Crippen molar-refractivity contribution in [3.63, 3.8) is 0 Å². The van der Waals surface area contributed by atoms with Crippen LogP contribution in [-0.4, -0.2) is 24.0 Å². The van der Waals surface area contributed by atoms with E-state index in [2.05, 4.69) is 0 Å². The molecule has 0 aliphatic carbocycles. The average Bonchev–Trinajstić information content (AvgIpc) is 2.43. The number of ether oxygens (including phenoxy) is 1. The van der Waals surface area contributed by atoms with Crippen LogP contribution in [0.3, 0.4) is 0 Å². The topological polar surface area (TPSA) is 66.8 Å². The summed E-state index contributed by atoms with van der Waals surface area (Å²) in [5.41, 5.74) is 0.956. The summed E-state index contributed by atoms with van der Waals surface area (Å²) in [5.74, 6) is 0.292. The van der Waals surface area contributed by atoms with Gasteiger partial charge >= 0.3 is 0 Å². The second-order valence-electron chi connectivity index (χ2n) is 4.68. The number of aliphatic carboxylic acids is 1. The first-order valence-electron chi connectivity index (χ1n) is 6.33. The smallest absolute Gasteiger partial charge is 0.298 e. The highest BCUT2D eigenvalue weighted by Gasteiger charge is 2.11. The van der Waals surface area contributed by atoms with E-state index in [4.69, 9.17) is 9.84 Å². The van der Waals surface area contributed by atoms with Crippen molar-refractivity contribution in [3.05, 3.63) is 54.1 Å². The van der Waals surface area contributed by atoms with Gasteiger partial charge in [-0.25, -0.2) is 0 Å². The van der Waals surface area contributed by atoms with Crippen LogP contribution in [0, 0.1) is 0 Å². The number of carbonyl (C=O) groups is 1. The molecule has 0 radical (unpaired) electrons. The van der Waals surface area contributed by atoms with Gasteiger partial charge < -0.3 is 14.9 Å². The van der Waals surface area contributed by atoms with Crippen LogP contribution in [0.1, 0.15) is 5.56 Å². The summed E-state index contributed by atoms with van der Waals surface area (Å²) >= 11 is 0. The molecule has 2 rings (SSSR count). The third kappa shape index (κ3) is 3.78. The molecular formula is C15H15BO4. The highest BCUT2D eigenvalue weighted by atomic mass is 16.5. The first kappa shape index (κ1) is 14.0. The Morgan fingerprint density at radius 1 is 1.05 bits per heavy atom. The zero-order chi connectivity index (χ0) is 14.5. The second kappa shape index (κ2) is 6.15. The molecule has 0 bridgehead atoms. The molecule has 102 valence electrons. The molecule has 4 nitrogen and oxygen atoms in total. The number of aromatic hydroxyl groups is 1. The van der Waals surface area contributed by atoms with Gasteiger partial charge in [0.05, 0.1) is 0 Å². The molecule has 2 aromatic carbocycles. The van der Waals surface area contributed by atoms with E-state index in [1.54, 1.807) is 44.2 Å². The van der Waals surface area contributed by atoms with Crippen molar-refractivity contribution in [2.24, 2.45) is 0 Å². The maximum Gasteiger partial charge on any atom is 0.298 e. The first-order chi connectivity index (χ1) is 9.54. The van der Waals surface area contributed by atoms with E-state index < -0.39 is 11.8 Å². The average molecular weight is 270 g/mol. The molecule has 0 saturated heterocycles. The van der Waals surface area contributed by atoms with Gasteiger partial charge in [0.15, 0.2) is 0 Å². The molecule has 0 aliphatic heterocycles. The van der Waals surface area contributed by atoms with Crippen molar-refractivity contribution in [1.29, 1.82) is 0 Å². The van der Waals surface area contributed by atoms with Crippen molar-refractivity contribution >= 4 is 13.8 Å². The molecule has 1 atom stereocenters. The van der Waals surface area contributed by atoms with Gasteiger partial charge in [-0.2, -0.15) is 0 Å². The summed E-state index contributed by atoms with van der Waals surface area (Å²) in [6.45, 7) is 0. The normalized spacial score (nSPS) is 11.8. The monoisotopic (exact) mass is 270 g/mol. The van der Waals surface area contributed by atoms with Crippen LogP contribution in [0.25, 0.3) is 0 Å². The van der Waals surface area contributed by atoms with Crippen molar-refractivity contribution < 1.29 is 19.7 Å². The number of hydrogen-bond donors (Lipinski definition) is 2. The molecule has 1 unspecified atom stereocenters. The van der Waals surface area contributed by atoms with Gasteiger partial charge in [0.2, 0.25) is 0 Å². The van der Waals surface area contributed by atoms with Crippen molar-refractivity contribution in [2.45, 2.75) is 12.2 Å². The second-order valence-corrected chi connectivity index (χ2v) is 4.68. The summed E-state index contributed by atoms with van der Waals surface area (Å²) in [5, 5.41) is 18.1. The largest absolute Gasteiger partial charge is 0.508 e. The lowest BCUT2D eigenvalue weighted by molar-refractivity contribution is -0.136. The van der Waals surface area contributed by atoms with Gasteiger partial charge in [-0.1, -0.05) is 12.1 Å². The molecule has 5 heteroatoms. The minimum atomic E-state index is -0.797. The highest BCUT2D eigenvalue weighted by molar-refractivity contribution is 6.22. The van der Waals surface area contributed by atoms with E-state index in [1.165, 1.54) is 0 Å². The van der Waals surface area contributed by atoms with Crippen molar-refractivity contribution in [2.75, 3.05) is 0 Å². The maximum atomic E-state index is 10.8. The van der Waals surface area contributed by atoms with Crippen molar-refractivity contribution in [1.82, 2.24) is 0 Å². The van der Waals surface area contributed by atoms with E-state index in [-0.39, 0.29) is 5.75 Å². The Bertz CT molecular complexity index is 578. The quantitative estimate of drug-likeness (QED) is 0.817. The van der Waals surface area contributed by atoms with E-state index in [1.807, 2.05) is 12.1 Å². The van der Waals surface area contributed by atoms with Crippen LogP contribution in [0.4, 0.5) is 0 Å². The highest BCUT2D eigenvalue weighted by Crippen LogP contribution is 2.24. The number of carboxylic acid groups (broad SMARTS) is 1. The molecule has 20 heavy (non-hydrogen) atoms. The number of hydrogen-bond acceptors (Lipinski definition) is 3. The lowest BCUT2D eigenvalue weighted by atomic mass is 9.82. The zero-order valence-corrected chi connectivity index (χ0v) is 11.1. The van der Waals surface area contributed by atoms with Crippen LogP contribution in [0.5, 0.6) is 17.2 Å². The summed E-state index contributed by atoms with van der Waals surface area (Å²) < 4.78 is 5.61. The molecule has 0 aromatic heterocycles. The fraction of sp³-hybridized carbons (Fsp3) is 0.133. The Morgan fingerprint density at radius 2 is 1.55 bits per heavy atom. The van der Waals surface area contributed by atoms with E-state index in [0.29, 0.717) is 17.9 Å². The third-order valence-electron chi connectivity index (χ3n) is 2.96. The zero-order valence-electron chi connectivity index (χ0n) is 11.1. The summed E-state index contributed by atoms with van der Waals surface area (Å²) in [7, 11) is 1.68. The van der Waals surface area contributed by atoms with Crippen LogP contribution in [0.2, 0.25) is 5.82 Å². The van der Waals surface area contributed by atoms with Gasteiger partial charge in [0, 0.05) is 5.82 Å². The molecule has 0 heterocycles. The Balaban J connectivity index is 2.01. The number of phenolic OH excluding ortho intramolecular Hbond substituents is 1. The predicted octanol–water partition coefficient (Wildman–Crippen LogP) is 2.23. The lowest BCUT2D eigenvalue weighted by Crippen LogP contribution is -2.09. The van der Waals surface area contributed by atoms with Gasteiger partial charge in [0.25, 0.3) is 5.97 Å². The van der Waals surface area contributed by atoms with Crippen LogP contribution >= 0.6 is 0 Å². The molecule has 0 aliphatic rings. The fourth-order valence-corrected chi connectivity index (χ4v) is 1.78. The lowest BCUT2D eigenvalue weighted by Gasteiger charge is -2.08.